The van der Waals surface area contributed by atoms with Crippen LogP contribution in [-0.4, -0.2) is 46.4 Å². The monoisotopic (exact) mass is 387 g/mol. The maximum atomic E-state index is 12.6. The van der Waals surface area contributed by atoms with E-state index in [1.54, 1.807) is 13.0 Å². The number of nitrogens with zero attached hydrogens (tertiary/aromatic N) is 3. The van der Waals surface area contributed by atoms with Gasteiger partial charge in [0.25, 0.3) is 5.91 Å². The molecule has 0 bridgehead atoms. The molecule has 0 saturated carbocycles. The highest BCUT2D eigenvalue weighted by Gasteiger charge is 2.45. The van der Waals surface area contributed by atoms with Crippen molar-refractivity contribution in [3.8, 4) is 0 Å². The number of amides is 2. The van der Waals surface area contributed by atoms with Crippen LogP contribution in [0.15, 0.2) is 34.9 Å². The van der Waals surface area contributed by atoms with Crippen molar-refractivity contribution in [1.29, 1.82) is 0 Å². The number of piperidine rings is 1. The molecule has 0 atom stereocenters. The Kier molecular flexibility index (Phi) is 4.68. The summed E-state index contributed by atoms with van der Waals surface area (Å²) < 4.78 is 5.00. The zero-order chi connectivity index (χ0) is 19.0. The zero-order valence-electron chi connectivity index (χ0n) is 15.3. The fourth-order valence-electron chi connectivity index (χ4n) is 4.08. The van der Waals surface area contributed by atoms with E-state index >= 15 is 0 Å². The summed E-state index contributed by atoms with van der Waals surface area (Å²) in [7, 11) is 0. The molecule has 0 aliphatic carbocycles. The summed E-state index contributed by atoms with van der Waals surface area (Å²) in [5.74, 6) is 0.729. The van der Waals surface area contributed by atoms with Crippen LogP contribution >= 0.6 is 11.6 Å². The van der Waals surface area contributed by atoms with Crippen LogP contribution in [0, 0.1) is 12.3 Å². The molecule has 7 heteroatoms. The smallest absolute Gasteiger partial charge is 0.276 e. The fourth-order valence-corrected chi connectivity index (χ4v) is 4.21. The van der Waals surface area contributed by atoms with E-state index in [9.17, 15) is 9.59 Å². The molecule has 2 saturated heterocycles. The van der Waals surface area contributed by atoms with Crippen LogP contribution in [0.25, 0.3) is 0 Å². The fraction of sp³-hybridized carbons (Fsp3) is 0.450. The van der Waals surface area contributed by atoms with Crippen LogP contribution in [0.2, 0.25) is 5.02 Å². The Morgan fingerprint density at radius 3 is 2.59 bits per heavy atom. The normalized spacial score (nSPS) is 19.1. The first-order valence-corrected chi connectivity index (χ1v) is 9.57. The number of benzene rings is 1. The van der Waals surface area contributed by atoms with Crippen molar-refractivity contribution in [3.05, 3.63) is 52.4 Å². The predicted octanol–water partition coefficient (Wildman–Crippen LogP) is 3.29. The lowest BCUT2D eigenvalue weighted by Gasteiger charge is -2.38. The standard InChI is InChI=1S/C20H22ClN3O3/c1-14-10-17(22-27-14)19(26)23-8-6-20(7-9-23)11-18(25)24(13-20)12-15-2-4-16(21)5-3-15/h2-5,10H,6-9,11-13H2,1H3. The van der Waals surface area contributed by atoms with Gasteiger partial charge in [-0.15, -0.1) is 0 Å². The van der Waals surface area contributed by atoms with Crippen LogP contribution in [0.4, 0.5) is 0 Å². The number of hydrogen-bond acceptors (Lipinski definition) is 4. The zero-order valence-corrected chi connectivity index (χ0v) is 16.0. The van der Waals surface area contributed by atoms with Gasteiger partial charge in [-0.1, -0.05) is 28.9 Å². The molecule has 2 amide bonds. The number of carbonyl (C=O) groups excluding carboxylic acids is 2. The maximum absolute atomic E-state index is 12.6. The number of likely N-dealkylation sites (tertiary alicyclic amines) is 2. The van der Waals surface area contributed by atoms with E-state index in [0.29, 0.717) is 42.5 Å². The van der Waals surface area contributed by atoms with Crippen molar-refractivity contribution in [1.82, 2.24) is 15.0 Å². The largest absolute Gasteiger partial charge is 0.361 e. The quantitative estimate of drug-likeness (QED) is 0.810. The first-order valence-electron chi connectivity index (χ1n) is 9.19. The van der Waals surface area contributed by atoms with Crippen molar-refractivity contribution < 1.29 is 14.1 Å². The molecule has 1 aromatic heterocycles. The van der Waals surface area contributed by atoms with E-state index in [4.69, 9.17) is 16.1 Å². The van der Waals surface area contributed by atoms with E-state index in [-0.39, 0.29) is 17.2 Å². The minimum absolute atomic E-state index is 0.0277. The van der Waals surface area contributed by atoms with Gasteiger partial charge >= 0.3 is 0 Å². The van der Waals surface area contributed by atoms with Gasteiger partial charge in [-0.05, 0) is 37.5 Å². The molecule has 2 aliphatic rings. The Morgan fingerprint density at radius 2 is 1.96 bits per heavy atom. The average molecular weight is 388 g/mol. The molecular weight excluding hydrogens is 366 g/mol. The third-order valence-corrected chi connectivity index (χ3v) is 5.90. The van der Waals surface area contributed by atoms with Crippen molar-refractivity contribution in [3.63, 3.8) is 0 Å². The summed E-state index contributed by atoms with van der Waals surface area (Å²) in [5.41, 5.74) is 1.41. The van der Waals surface area contributed by atoms with Crippen molar-refractivity contribution >= 4 is 23.4 Å². The Balaban J connectivity index is 1.37. The van der Waals surface area contributed by atoms with Gasteiger partial charge in [0.05, 0.1) is 0 Å². The summed E-state index contributed by atoms with van der Waals surface area (Å²) in [6.07, 6.45) is 2.22. The second-order valence-electron chi connectivity index (χ2n) is 7.67. The molecule has 0 N–H and O–H groups in total. The van der Waals surface area contributed by atoms with E-state index in [1.807, 2.05) is 34.1 Å². The number of aromatic nitrogens is 1. The summed E-state index contributed by atoms with van der Waals surface area (Å²) in [6, 6.07) is 9.29. The molecular formula is C20H22ClN3O3. The molecule has 1 spiro atoms. The highest BCUT2D eigenvalue weighted by Crippen LogP contribution is 2.41. The molecule has 0 unspecified atom stereocenters. The van der Waals surface area contributed by atoms with Crippen molar-refractivity contribution in [2.75, 3.05) is 19.6 Å². The van der Waals surface area contributed by atoms with Gasteiger partial charge in [0.15, 0.2) is 5.69 Å². The third kappa shape index (κ3) is 3.72. The van der Waals surface area contributed by atoms with Gasteiger partial charge in [0.2, 0.25) is 5.91 Å². The number of carbonyl (C=O) groups is 2. The van der Waals surface area contributed by atoms with Gasteiger partial charge in [-0.25, -0.2) is 0 Å². The molecule has 0 radical (unpaired) electrons. The lowest BCUT2D eigenvalue weighted by atomic mass is 9.77. The number of hydrogen-bond donors (Lipinski definition) is 0. The van der Waals surface area contributed by atoms with Crippen molar-refractivity contribution in [2.45, 2.75) is 32.7 Å². The Hall–Kier alpha value is -2.34. The Morgan fingerprint density at radius 1 is 1.26 bits per heavy atom. The molecule has 2 aliphatic heterocycles. The first kappa shape index (κ1) is 18.0. The van der Waals surface area contributed by atoms with Gasteiger partial charge < -0.3 is 14.3 Å². The number of rotatable bonds is 3. The highest BCUT2D eigenvalue weighted by atomic mass is 35.5. The molecule has 2 aromatic rings. The van der Waals surface area contributed by atoms with Gasteiger partial charge in [0, 0.05) is 49.1 Å². The van der Waals surface area contributed by atoms with Crippen LogP contribution in [0.3, 0.4) is 0 Å². The molecule has 27 heavy (non-hydrogen) atoms. The minimum Gasteiger partial charge on any atom is -0.361 e. The number of aryl methyl sites for hydroxylation is 1. The lowest BCUT2D eigenvalue weighted by molar-refractivity contribution is -0.128. The van der Waals surface area contributed by atoms with E-state index < -0.39 is 0 Å². The van der Waals surface area contributed by atoms with Gasteiger partial charge in [-0.2, -0.15) is 0 Å². The number of halogens is 1. The Labute approximate surface area is 163 Å². The van der Waals surface area contributed by atoms with Crippen LogP contribution < -0.4 is 0 Å². The minimum atomic E-state index is -0.0935. The topological polar surface area (TPSA) is 66.7 Å². The molecule has 4 rings (SSSR count). The summed E-state index contributed by atoms with van der Waals surface area (Å²) in [6.45, 7) is 4.42. The molecule has 6 nitrogen and oxygen atoms in total. The van der Waals surface area contributed by atoms with Crippen LogP contribution in [0.5, 0.6) is 0 Å². The van der Waals surface area contributed by atoms with Crippen LogP contribution in [-0.2, 0) is 11.3 Å². The molecule has 142 valence electrons. The summed E-state index contributed by atoms with van der Waals surface area (Å²) in [5, 5.41) is 4.52. The molecule has 1 aromatic carbocycles. The van der Waals surface area contributed by atoms with E-state index in [1.165, 1.54) is 0 Å². The predicted molar refractivity (Wildman–Crippen MR) is 100 cm³/mol. The third-order valence-electron chi connectivity index (χ3n) is 5.65. The highest BCUT2D eigenvalue weighted by molar-refractivity contribution is 6.30. The average Bonchev–Trinajstić information content (AvgIpc) is 3.21. The van der Waals surface area contributed by atoms with Gasteiger partial charge in [-0.3, -0.25) is 9.59 Å². The second-order valence-corrected chi connectivity index (χ2v) is 8.10. The SMILES string of the molecule is Cc1cc(C(=O)N2CCC3(CC2)CC(=O)N(Cc2ccc(Cl)cc2)C3)no1. The lowest BCUT2D eigenvalue weighted by Crippen LogP contribution is -2.44. The summed E-state index contributed by atoms with van der Waals surface area (Å²) in [4.78, 5) is 28.8. The summed E-state index contributed by atoms with van der Waals surface area (Å²) >= 11 is 5.94. The van der Waals surface area contributed by atoms with E-state index in [0.717, 1.165) is 24.9 Å². The second kappa shape index (κ2) is 7.00. The Bertz CT molecular complexity index is 854. The van der Waals surface area contributed by atoms with Crippen LogP contribution in [0.1, 0.15) is 41.1 Å². The molecule has 2 fully saturated rings. The van der Waals surface area contributed by atoms with E-state index in [2.05, 4.69) is 5.16 Å². The van der Waals surface area contributed by atoms with Gasteiger partial charge in [0.1, 0.15) is 5.76 Å². The first-order chi connectivity index (χ1) is 12.9. The maximum Gasteiger partial charge on any atom is 0.276 e. The molecule has 3 heterocycles. The van der Waals surface area contributed by atoms with Crippen molar-refractivity contribution in [2.24, 2.45) is 5.41 Å².